The third kappa shape index (κ3) is 1.96. The highest BCUT2D eigenvalue weighted by Crippen LogP contribution is 2.50. The Morgan fingerprint density at radius 2 is 2.14 bits per heavy atom. The molecule has 3 heterocycles. The summed E-state index contributed by atoms with van der Waals surface area (Å²) in [6, 6.07) is 9.46. The lowest BCUT2D eigenvalue weighted by Crippen LogP contribution is -2.32. The predicted molar refractivity (Wildman–Crippen MR) is 88.6 cm³/mol. The lowest BCUT2D eigenvalue weighted by atomic mass is 9.78. The van der Waals surface area contributed by atoms with Crippen molar-refractivity contribution in [1.82, 2.24) is 9.88 Å². The van der Waals surface area contributed by atoms with Crippen LogP contribution in [0.3, 0.4) is 0 Å². The number of nitrogens with zero attached hydrogens (tertiary/aromatic N) is 1. The largest absolute Gasteiger partial charge is 0.357 e. The van der Waals surface area contributed by atoms with Crippen LogP contribution >= 0.6 is 0 Å². The zero-order valence-corrected chi connectivity index (χ0v) is 13.3. The van der Waals surface area contributed by atoms with E-state index >= 15 is 0 Å². The SMILES string of the molecule is CCC[C@@]1(CC)C[C@@H]2c3[nH]c4ccccc4c3CCN2C1. The van der Waals surface area contributed by atoms with Crippen molar-refractivity contribution in [3.05, 3.63) is 35.5 Å². The fraction of sp³-hybridized carbons (Fsp3) is 0.579. The van der Waals surface area contributed by atoms with Gasteiger partial charge in [-0.15, -0.1) is 0 Å². The van der Waals surface area contributed by atoms with Gasteiger partial charge in [0.15, 0.2) is 0 Å². The van der Waals surface area contributed by atoms with Crippen LogP contribution in [0.5, 0.6) is 0 Å². The summed E-state index contributed by atoms with van der Waals surface area (Å²) in [5.74, 6) is 0. The van der Waals surface area contributed by atoms with Crippen LogP contribution < -0.4 is 0 Å². The number of hydrogen-bond donors (Lipinski definition) is 1. The maximum Gasteiger partial charge on any atom is 0.0507 e. The lowest BCUT2D eigenvalue weighted by molar-refractivity contribution is 0.211. The van der Waals surface area contributed by atoms with Gasteiger partial charge in [0.25, 0.3) is 0 Å². The fourth-order valence-corrected chi connectivity index (χ4v) is 4.84. The minimum Gasteiger partial charge on any atom is -0.357 e. The van der Waals surface area contributed by atoms with Crippen LogP contribution in [0.25, 0.3) is 10.9 Å². The van der Waals surface area contributed by atoms with E-state index in [1.807, 2.05) is 0 Å². The third-order valence-corrected chi connectivity index (χ3v) is 5.96. The van der Waals surface area contributed by atoms with Crippen LogP contribution in [0.1, 0.15) is 56.8 Å². The van der Waals surface area contributed by atoms with Crippen molar-refractivity contribution < 1.29 is 0 Å². The molecule has 21 heavy (non-hydrogen) atoms. The van der Waals surface area contributed by atoms with Crippen molar-refractivity contribution in [3.8, 4) is 0 Å². The Hall–Kier alpha value is -1.28. The zero-order chi connectivity index (χ0) is 14.4. The van der Waals surface area contributed by atoms with Gasteiger partial charge in [0.2, 0.25) is 0 Å². The predicted octanol–water partition coefficient (Wildman–Crippen LogP) is 4.67. The molecular weight excluding hydrogens is 256 g/mol. The Morgan fingerprint density at radius 1 is 1.29 bits per heavy atom. The van der Waals surface area contributed by atoms with Crippen molar-refractivity contribution in [2.75, 3.05) is 13.1 Å². The molecule has 1 aromatic heterocycles. The van der Waals surface area contributed by atoms with E-state index in [0.29, 0.717) is 11.5 Å². The maximum absolute atomic E-state index is 3.75. The summed E-state index contributed by atoms with van der Waals surface area (Å²) >= 11 is 0. The molecule has 0 bridgehead atoms. The summed E-state index contributed by atoms with van der Waals surface area (Å²) in [7, 11) is 0. The number of benzene rings is 1. The quantitative estimate of drug-likeness (QED) is 0.867. The van der Waals surface area contributed by atoms with Crippen LogP contribution in [0, 0.1) is 5.41 Å². The van der Waals surface area contributed by atoms with Gasteiger partial charge in [-0.2, -0.15) is 0 Å². The monoisotopic (exact) mass is 282 g/mol. The van der Waals surface area contributed by atoms with E-state index in [1.165, 1.54) is 61.8 Å². The second-order valence-corrected chi connectivity index (χ2v) is 7.11. The highest BCUT2D eigenvalue weighted by Gasteiger charge is 2.45. The van der Waals surface area contributed by atoms with Gasteiger partial charge in [-0.25, -0.2) is 0 Å². The molecular formula is C19H26N2. The molecule has 0 spiro atoms. The molecule has 1 saturated heterocycles. The van der Waals surface area contributed by atoms with Crippen molar-refractivity contribution in [2.24, 2.45) is 5.41 Å². The first-order valence-corrected chi connectivity index (χ1v) is 8.60. The number of fused-ring (bicyclic) bond motifs is 5. The first kappa shape index (κ1) is 13.4. The Labute approximate surface area is 127 Å². The van der Waals surface area contributed by atoms with Crippen molar-refractivity contribution in [2.45, 2.75) is 52.0 Å². The molecule has 2 atom stereocenters. The number of nitrogens with one attached hydrogen (secondary N) is 1. The minimum absolute atomic E-state index is 0.554. The average Bonchev–Trinajstić information content (AvgIpc) is 3.05. The lowest BCUT2D eigenvalue weighted by Gasteiger charge is -2.30. The van der Waals surface area contributed by atoms with E-state index in [4.69, 9.17) is 0 Å². The number of aromatic nitrogens is 1. The summed E-state index contributed by atoms with van der Waals surface area (Å²) in [4.78, 5) is 6.50. The average molecular weight is 282 g/mol. The van der Waals surface area contributed by atoms with Crippen molar-refractivity contribution in [1.29, 1.82) is 0 Å². The van der Waals surface area contributed by atoms with Crippen LogP contribution in [-0.4, -0.2) is 23.0 Å². The zero-order valence-electron chi connectivity index (χ0n) is 13.3. The Bertz CT molecular complexity index is 657. The van der Waals surface area contributed by atoms with E-state index in [-0.39, 0.29) is 0 Å². The number of para-hydroxylation sites is 1. The van der Waals surface area contributed by atoms with E-state index in [1.54, 1.807) is 5.56 Å². The van der Waals surface area contributed by atoms with E-state index in [9.17, 15) is 0 Å². The Balaban J connectivity index is 1.75. The Morgan fingerprint density at radius 3 is 2.95 bits per heavy atom. The highest BCUT2D eigenvalue weighted by atomic mass is 15.2. The van der Waals surface area contributed by atoms with Crippen LogP contribution in [0.2, 0.25) is 0 Å². The first-order chi connectivity index (χ1) is 10.3. The van der Waals surface area contributed by atoms with Gasteiger partial charge < -0.3 is 4.98 Å². The molecule has 1 N–H and O–H groups in total. The second-order valence-electron chi connectivity index (χ2n) is 7.11. The molecule has 2 heteroatoms. The highest BCUT2D eigenvalue weighted by molar-refractivity contribution is 5.85. The maximum atomic E-state index is 3.75. The molecule has 4 rings (SSSR count). The van der Waals surface area contributed by atoms with Crippen LogP contribution in [0.4, 0.5) is 0 Å². The van der Waals surface area contributed by atoms with E-state index in [0.717, 1.165) is 0 Å². The van der Waals surface area contributed by atoms with Gasteiger partial charge >= 0.3 is 0 Å². The molecule has 1 aromatic carbocycles. The molecule has 0 unspecified atom stereocenters. The van der Waals surface area contributed by atoms with Crippen LogP contribution in [-0.2, 0) is 6.42 Å². The van der Waals surface area contributed by atoms with Gasteiger partial charge in [0, 0.05) is 29.7 Å². The summed E-state index contributed by atoms with van der Waals surface area (Å²) < 4.78 is 0. The molecule has 1 fully saturated rings. The third-order valence-electron chi connectivity index (χ3n) is 5.96. The standard InChI is InChI=1S/C19H26N2/c1-3-10-19(4-2)12-17-18-15(9-11-21(17)13-19)14-7-5-6-8-16(14)20-18/h5-8,17,20H,3-4,9-13H2,1-2H3/t17-,19+/m1/s1. The summed E-state index contributed by atoms with van der Waals surface area (Å²) in [5.41, 5.74) is 5.00. The number of hydrogen-bond acceptors (Lipinski definition) is 1. The smallest absolute Gasteiger partial charge is 0.0507 e. The van der Waals surface area contributed by atoms with Crippen molar-refractivity contribution >= 4 is 10.9 Å². The number of rotatable bonds is 3. The number of aromatic amines is 1. The molecule has 2 aliphatic rings. The second kappa shape index (κ2) is 4.88. The first-order valence-electron chi connectivity index (χ1n) is 8.60. The Kier molecular flexibility index (Phi) is 3.11. The normalized spacial score (nSPS) is 28.8. The molecule has 0 saturated carbocycles. The molecule has 2 aliphatic heterocycles. The van der Waals surface area contributed by atoms with Crippen LogP contribution in [0.15, 0.2) is 24.3 Å². The van der Waals surface area contributed by atoms with Crippen molar-refractivity contribution in [3.63, 3.8) is 0 Å². The fourth-order valence-electron chi connectivity index (χ4n) is 4.84. The van der Waals surface area contributed by atoms with Gasteiger partial charge in [-0.3, -0.25) is 4.90 Å². The number of H-pyrrole nitrogens is 1. The van der Waals surface area contributed by atoms with Gasteiger partial charge in [-0.05, 0) is 42.7 Å². The van der Waals surface area contributed by atoms with E-state index in [2.05, 4.69) is 48.0 Å². The van der Waals surface area contributed by atoms with E-state index < -0.39 is 0 Å². The van der Waals surface area contributed by atoms with Gasteiger partial charge in [0.1, 0.15) is 0 Å². The summed E-state index contributed by atoms with van der Waals surface area (Å²) in [6.45, 7) is 7.27. The summed E-state index contributed by atoms with van der Waals surface area (Å²) in [5, 5.41) is 1.46. The topological polar surface area (TPSA) is 19.0 Å². The minimum atomic E-state index is 0.554. The van der Waals surface area contributed by atoms with Gasteiger partial charge in [0.05, 0.1) is 6.04 Å². The molecule has 2 aromatic rings. The molecule has 0 radical (unpaired) electrons. The molecule has 112 valence electrons. The van der Waals surface area contributed by atoms with Gasteiger partial charge in [-0.1, -0.05) is 38.5 Å². The molecule has 0 amide bonds. The molecule has 0 aliphatic carbocycles. The summed E-state index contributed by atoms with van der Waals surface area (Å²) in [6.07, 6.45) is 6.57. The molecule has 2 nitrogen and oxygen atoms in total.